The average Bonchev–Trinajstić information content (AvgIpc) is 3.15. The number of nitrogens with one attached hydrogen (secondary N) is 1. The molecule has 2 aromatic rings. The predicted molar refractivity (Wildman–Crippen MR) is 119 cm³/mol. The molecule has 162 valence electrons. The van der Waals surface area contributed by atoms with E-state index in [-0.39, 0.29) is 24.4 Å². The van der Waals surface area contributed by atoms with Crippen LogP contribution in [0.15, 0.2) is 54.6 Å². The van der Waals surface area contributed by atoms with Gasteiger partial charge in [-0.15, -0.1) is 0 Å². The predicted octanol–water partition coefficient (Wildman–Crippen LogP) is 2.43. The fourth-order valence-electron chi connectivity index (χ4n) is 5.14. The van der Waals surface area contributed by atoms with Crippen molar-refractivity contribution >= 4 is 17.6 Å². The lowest BCUT2D eigenvalue weighted by atomic mass is 10.0. The van der Waals surface area contributed by atoms with Gasteiger partial charge in [-0.05, 0) is 36.1 Å². The minimum absolute atomic E-state index is 0.120. The van der Waals surface area contributed by atoms with Crippen molar-refractivity contribution in [2.75, 3.05) is 25.0 Å². The largest absolute Gasteiger partial charge is 0.343 e. The van der Waals surface area contributed by atoms with Crippen molar-refractivity contribution in [2.45, 2.75) is 38.9 Å². The van der Waals surface area contributed by atoms with Crippen molar-refractivity contribution in [1.82, 2.24) is 20.0 Å². The number of hydrogen-bond donors (Lipinski definition) is 1. The van der Waals surface area contributed by atoms with E-state index in [1.165, 1.54) is 10.5 Å². The molecule has 0 aliphatic carbocycles. The number of carbonyl (C=O) groups is 2. The first-order valence-electron chi connectivity index (χ1n) is 10.9. The Hall–Kier alpha value is -2.90. The molecule has 7 heteroatoms. The highest BCUT2D eigenvalue weighted by Crippen LogP contribution is 2.35. The summed E-state index contributed by atoms with van der Waals surface area (Å²) in [4.78, 5) is 34.4. The Kier molecular flexibility index (Phi) is 4.95. The molecule has 3 heterocycles. The first-order chi connectivity index (χ1) is 14.9. The zero-order valence-corrected chi connectivity index (χ0v) is 18.2. The van der Waals surface area contributed by atoms with Crippen molar-refractivity contribution in [3.63, 3.8) is 0 Å². The van der Waals surface area contributed by atoms with Gasteiger partial charge in [-0.1, -0.05) is 49.4 Å². The van der Waals surface area contributed by atoms with Crippen molar-refractivity contribution in [3.05, 3.63) is 65.7 Å². The molecule has 5 rings (SSSR count). The van der Waals surface area contributed by atoms with Crippen molar-refractivity contribution in [1.29, 1.82) is 0 Å². The number of imide groups is 1. The number of aryl methyl sites for hydroxylation is 1. The molecule has 3 saturated heterocycles. The van der Waals surface area contributed by atoms with Crippen molar-refractivity contribution in [2.24, 2.45) is 5.92 Å². The van der Waals surface area contributed by atoms with E-state index in [4.69, 9.17) is 0 Å². The maximum Gasteiger partial charge on any atom is 0.328 e. The highest BCUT2D eigenvalue weighted by molar-refractivity contribution is 6.00. The van der Waals surface area contributed by atoms with E-state index in [9.17, 15) is 9.59 Å². The molecule has 0 spiro atoms. The van der Waals surface area contributed by atoms with Gasteiger partial charge < -0.3 is 9.80 Å². The third-order valence-corrected chi connectivity index (χ3v) is 6.60. The summed E-state index contributed by atoms with van der Waals surface area (Å²) in [7, 11) is 1.79. The molecule has 4 atom stereocenters. The van der Waals surface area contributed by atoms with E-state index in [0.29, 0.717) is 12.5 Å². The maximum atomic E-state index is 13.6. The Labute approximate surface area is 183 Å². The Balaban J connectivity index is 1.47. The molecular formula is C24H29N5O2. The number of amides is 3. The molecule has 7 nitrogen and oxygen atoms in total. The van der Waals surface area contributed by atoms with Gasteiger partial charge in [0.05, 0.1) is 6.54 Å². The topological polar surface area (TPSA) is 59.1 Å². The third kappa shape index (κ3) is 3.38. The molecule has 31 heavy (non-hydrogen) atoms. The minimum Gasteiger partial charge on any atom is -0.343 e. The molecule has 3 amide bonds. The molecule has 3 aliphatic rings. The average molecular weight is 420 g/mol. The van der Waals surface area contributed by atoms with Gasteiger partial charge in [-0.3, -0.25) is 19.9 Å². The minimum atomic E-state index is -0.397. The Bertz CT molecular complexity index is 996. The van der Waals surface area contributed by atoms with Crippen LogP contribution in [0.1, 0.15) is 18.1 Å². The summed E-state index contributed by atoms with van der Waals surface area (Å²) in [6.45, 7) is 6.32. The molecule has 2 aromatic carbocycles. The standard InChI is InChI=1S/C24H29N5O2/c1-16-8-7-11-19(12-16)27-13-17(2)14-28-20-21(25-23(27)28)26(3)24(31)29(22(20)30)15-18-9-5-4-6-10-18/h4-12,17,20-21,23,25H,13-15H2,1-3H3. The normalized spacial score (nSPS) is 28.7. The molecular weight excluding hydrogens is 390 g/mol. The molecule has 3 fully saturated rings. The number of rotatable bonds is 3. The Morgan fingerprint density at radius 3 is 2.55 bits per heavy atom. The number of likely N-dealkylation sites (N-methyl/N-ethyl adjacent to an activating group) is 1. The van der Waals surface area contributed by atoms with Crippen LogP contribution in [-0.2, 0) is 11.3 Å². The third-order valence-electron chi connectivity index (χ3n) is 6.60. The van der Waals surface area contributed by atoms with Crippen molar-refractivity contribution in [3.8, 4) is 0 Å². The number of carbonyl (C=O) groups excluding carboxylic acids is 2. The van der Waals surface area contributed by atoms with Crippen LogP contribution in [0.25, 0.3) is 0 Å². The number of anilines is 1. The first-order valence-corrected chi connectivity index (χ1v) is 10.9. The number of hydrogen-bond acceptors (Lipinski definition) is 5. The number of nitrogens with zero attached hydrogens (tertiary/aromatic N) is 4. The van der Waals surface area contributed by atoms with E-state index in [0.717, 1.165) is 24.3 Å². The summed E-state index contributed by atoms with van der Waals surface area (Å²) >= 11 is 0. The summed E-state index contributed by atoms with van der Waals surface area (Å²) in [5, 5.41) is 3.59. The Morgan fingerprint density at radius 1 is 1.03 bits per heavy atom. The van der Waals surface area contributed by atoms with Gasteiger partial charge in [0.25, 0.3) is 5.91 Å². The van der Waals surface area contributed by atoms with Gasteiger partial charge in [0.1, 0.15) is 18.5 Å². The van der Waals surface area contributed by atoms with Gasteiger partial charge in [-0.25, -0.2) is 4.79 Å². The van der Waals surface area contributed by atoms with Gasteiger partial charge in [-0.2, -0.15) is 0 Å². The van der Waals surface area contributed by atoms with E-state index < -0.39 is 6.04 Å². The van der Waals surface area contributed by atoms with Crippen LogP contribution in [0.5, 0.6) is 0 Å². The van der Waals surface area contributed by atoms with Crippen LogP contribution < -0.4 is 10.2 Å². The van der Waals surface area contributed by atoms with Crippen molar-refractivity contribution < 1.29 is 9.59 Å². The fourth-order valence-corrected chi connectivity index (χ4v) is 5.14. The highest BCUT2D eigenvalue weighted by Gasteiger charge is 2.56. The molecule has 0 aromatic heterocycles. The van der Waals surface area contributed by atoms with Crippen LogP contribution in [0, 0.1) is 12.8 Å². The SMILES string of the molecule is Cc1cccc(N2CC(C)CN3C4C(=O)N(Cc5ccccc5)C(=O)N(C)C4NC23)c1. The zero-order valence-electron chi connectivity index (χ0n) is 18.2. The summed E-state index contributed by atoms with van der Waals surface area (Å²) in [5.41, 5.74) is 3.29. The lowest BCUT2D eigenvalue weighted by molar-refractivity contribution is -0.139. The van der Waals surface area contributed by atoms with Gasteiger partial charge >= 0.3 is 6.03 Å². The maximum absolute atomic E-state index is 13.6. The monoisotopic (exact) mass is 419 g/mol. The van der Waals surface area contributed by atoms with Crippen LogP contribution in [0.3, 0.4) is 0 Å². The van der Waals surface area contributed by atoms with Gasteiger partial charge in [0, 0.05) is 25.8 Å². The lowest BCUT2D eigenvalue weighted by Gasteiger charge is -2.46. The number of urea groups is 1. The van der Waals surface area contributed by atoms with Crippen LogP contribution in [0.2, 0.25) is 0 Å². The van der Waals surface area contributed by atoms with Crippen LogP contribution >= 0.6 is 0 Å². The second kappa shape index (κ2) is 7.66. The molecule has 0 saturated carbocycles. The number of fused-ring (bicyclic) bond motifs is 3. The molecule has 1 N–H and O–H groups in total. The summed E-state index contributed by atoms with van der Waals surface area (Å²) in [5.74, 6) is 0.279. The van der Waals surface area contributed by atoms with Gasteiger partial charge in [0.2, 0.25) is 0 Å². The second-order valence-corrected chi connectivity index (χ2v) is 9.03. The smallest absolute Gasteiger partial charge is 0.328 e. The van der Waals surface area contributed by atoms with E-state index in [1.807, 2.05) is 30.3 Å². The van der Waals surface area contributed by atoms with E-state index >= 15 is 0 Å². The highest BCUT2D eigenvalue weighted by atomic mass is 16.2. The summed E-state index contributed by atoms with van der Waals surface area (Å²) in [6, 6.07) is 17.5. The van der Waals surface area contributed by atoms with E-state index in [1.54, 1.807) is 11.9 Å². The van der Waals surface area contributed by atoms with Gasteiger partial charge in [0.15, 0.2) is 0 Å². The van der Waals surface area contributed by atoms with Crippen LogP contribution in [-0.4, -0.2) is 65.3 Å². The van der Waals surface area contributed by atoms with E-state index in [2.05, 4.69) is 53.2 Å². The molecule has 0 bridgehead atoms. The molecule has 0 radical (unpaired) electrons. The number of benzene rings is 2. The lowest BCUT2D eigenvalue weighted by Crippen LogP contribution is -2.66. The summed E-state index contributed by atoms with van der Waals surface area (Å²) < 4.78 is 0. The Morgan fingerprint density at radius 2 is 1.81 bits per heavy atom. The second-order valence-electron chi connectivity index (χ2n) is 9.03. The zero-order chi connectivity index (χ0) is 21.7. The summed E-state index contributed by atoms with van der Waals surface area (Å²) in [6.07, 6.45) is -0.460. The first kappa shape index (κ1) is 20.0. The quantitative estimate of drug-likeness (QED) is 0.828. The molecule has 4 unspecified atom stereocenters. The molecule has 3 aliphatic heterocycles. The van der Waals surface area contributed by atoms with Crippen LogP contribution in [0.4, 0.5) is 10.5 Å². The fraction of sp³-hybridized carbons (Fsp3) is 0.417.